The summed E-state index contributed by atoms with van der Waals surface area (Å²) in [6, 6.07) is 2.61. The predicted octanol–water partition coefficient (Wildman–Crippen LogP) is 2.29. The minimum absolute atomic E-state index is 0.00194. The van der Waals surface area contributed by atoms with Crippen molar-refractivity contribution in [1.29, 1.82) is 0 Å². The van der Waals surface area contributed by atoms with Gasteiger partial charge in [0.05, 0.1) is 5.52 Å². The molecule has 0 saturated heterocycles. The predicted molar refractivity (Wildman–Crippen MR) is 87.2 cm³/mol. The Morgan fingerprint density at radius 3 is 2.67 bits per heavy atom. The van der Waals surface area contributed by atoms with Crippen molar-refractivity contribution in [2.75, 3.05) is 6.61 Å². The zero-order valence-electron chi connectivity index (χ0n) is 13.5. The lowest BCUT2D eigenvalue weighted by Gasteiger charge is -2.20. The summed E-state index contributed by atoms with van der Waals surface area (Å²) in [5.41, 5.74) is 4.63. The topological polar surface area (TPSA) is 94.6 Å². The number of nitrogens with two attached hydrogens (primary N) is 1. The summed E-state index contributed by atoms with van der Waals surface area (Å²) in [7, 11) is 0. The number of carboxylic acids is 1. The third-order valence-corrected chi connectivity index (χ3v) is 3.86. The monoisotopic (exact) mass is 334 g/mol. The molecule has 24 heavy (non-hydrogen) atoms. The largest absolute Gasteiger partial charge is 0.489 e. The van der Waals surface area contributed by atoms with Gasteiger partial charge in [0.1, 0.15) is 12.2 Å². The lowest BCUT2D eigenvalue weighted by atomic mass is 10.1. The van der Waals surface area contributed by atoms with E-state index in [1.54, 1.807) is 18.4 Å². The van der Waals surface area contributed by atoms with Crippen molar-refractivity contribution in [3.63, 3.8) is 0 Å². The van der Waals surface area contributed by atoms with E-state index in [9.17, 15) is 19.1 Å². The molecule has 0 spiro atoms. The highest BCUT2D eigenvalue weighted by molar-refractivity contribution is 5.93. The van der Waals surface area contributed by atoms with E-state index in [1.165, 1.54) is 12.3 Å². The van der Waals surface area contributed by atoms with Gasteiger partial charge >= 0.3 is 5.97 Å². The average molecular weight is 334 g/mol. The highest BCUT2D eigenvalue weighted by atomic mass is 19.1. The maximum absolute atomic E-state index is 14.3. The summed E-state index contributed by atoms with van der Waals surface area (Å²) in [4.78, 5) is 23.6. The van der Waals surface area contributed by atoms with Crippen molar-refractivity contribution < 1.29 is 19.0 Å². The fourth-order valence-corrected chi connectivity index (χ4v) is 2.53. The number of pyridine rings is 1. The molecule has 0 aliphatic heterocycles. The quantitative estimate of drug-likeness (QED) is 0.875. The van der Waals surface area contributed by atoms with Crippen molar-refractivity contribution in [3.8, 4) is 5.75 Å². The number of hydrogen-bond donors (Lipinski definition) is 2. The number of halogens is 1. The molecule has 0 unspecified atom stereocenters. The number of benzene rings is 1. The second-order valence-electron chi connectivity index (χ2n) is 6.89. The highest BCUT2D eigenvalue weighted by Crippen LogP contribution is 2.38. The molecule has 1 heterocycles. The number of aromatic nitrogens is 1. The van der Waals surface area contributed by atoms with Crippen molar-refractivity contribution in [2.45, 2.75) is 38.3 Å². The van der Waals surface area contributed by atoms with Gasteiger partial charge in [-0.15, -0.1) is 0 Å². The maximum atomic E-state index is 14.3. The SMILES string of the molecule is CC(C)(N)COc1cc2c(cc1F)c(=O)c(C(=O)O)cn2C1CC1. The highest BCUT2D eigenvalue weighted by Gasteiger charge is 2.27. The summed E-state index contributed by atoms with van der Waals surface area (Å²) in [5.74, 6) is -2.03. The van der Waals surface area contributed by atoms with Gasteiger partial charge in [0.2, 0.25) is 5.43 Å². The summed E-state index contributed by atoms with van der Waals surface area (Å²) in [6.45, 7) is 3.62. The first-order valence-electron chi connectivity index (χ1n) is 7.71. The summed E-state index contributed by atoms with van der Waals surface area (Å²) in [5, 5.41) is 9.24. The summed E-state index contributed by atoms with van der Waals surface area (Å²) < 4.78 is 21.5. The van der Waals surface area contributed by atoms with Gasteiger partial charge in [-0.25, -0.2) is 9.18 Å². The molecular weight excluding hydrogens is 315 g/mol. The second-order valence-corrected chi connectivity index (χ2v) is 6.89. The fraction of sp³-hybridized carbons (Fsp3) is 0.412. The molecule has 0 amide bonds. The minimum Gasteiger partial charge on any atom is -0.489 e. The van der Waals surface area contributed by atoms with Crippen LogP contribution in [0, 0.1) is 5.82 Å². The third kappa shape index (κ3) is 3.12. The number of rotatable bonds is 5. The van der Waals surface area contributed by atoms with Crippen molar-refractivity contribution in [3.05, 3.63) is 39.9 Å². The van der Waals surface area contributed by atoms with Crippen LogP contribution in [0.15, 0.2) is 23.1 Å². The van der Waals surface area contributed by atoms with Gasteiger partial charge < -0.3 is 20.1 Å². The van der Waals surface area contributed by atoms with Crippen LogP contribution >= 0.6 is 0 Å². The molecule has 6 nitrogen and oxygen atoms in total. The molecule has 1 aromatic carbocycles. The molecule has 1 fully saturated rings. The Balaban J connectivity index is 2.18. The molecule has 1 aliphatic rings. The molecular formula is C17H19FN2O4. The van der Waals surface area contributed by atoms with Gasteiger partial charge in [0, 0.05) is 29.2 Å². The van der Waals surface area contributed by atoms with Crippen molar-refractivity contribution >= 4 is 16.9 Å². The molecule has 0 radical (unpaired) electrons. The standard InChI is InChI=1S/C17H19FN2O4/c1-17(2,19)8-24-14-6-13-10(5-12(14)18)15(21)11(16(22)23)7-20(13)9-3-4-9/h5-7,9H,3-4,8,19H2,1-2H3,(H,22,23). The molecule has 1 saturated carbocycles. The maximum Gasteiger partial charge on any atom is 0.341 e. The van der Waals surface area contributed by atoms with E-state index >= 15 is 0 Å². The van der Waals surface area contributed by atoms with Crippen LogP contribution < -0.4 is 15.9 Å². The number of nitrogens with zero attached hydrogens (tertiary/aromatic N) is 1. The Kier molecular flexibility index (Phi) is 3.83. The van der Waals surface area contributed by atoms with E-state index in [4.69, 9.17) is 10.5 Å². The van der Waals surface area contributed by atoms with Crippen LogP contribution in [0.4, 0.5) is 4.39 Å². The van der Waals surface area contributed by atoms with E-state index < -0.39 is 22.8 Å². The number of aromatic carboxylic acids is 1. The van der Waals surface area contributed by atoms with E-state index in [1.807, 2.05) is 0 Å². The first kappa shape index (κ1) is 16.4. The molecule has 7 heteroatoms. The first-order valence-corrected chi connectivity index (χ1v) is 7.71. The molecule has 2 aromatic rings. The van der Waals surface area contributed by atoms with Crippen LogP contribution in [-0.4, -0.2) is 27.8 Å². The second kappa shape index (κ2) is 5.59. The van der Waals surface area contributed by atoms with Crippen LogP contribution in [-0.2, 0) is 0 Å². The lowest BCUT2D eigenvalue weighted by molar-refractivity contribution is 0.0695. The van der Waals surface area contributed by atoms with E-state index in [0.717, 1.165) is 18.9 Å². The molecule has 3 N–H and O–H groups in total. The number of fused-ring (bicyclic) bond motifs is 1. The van der Waals surface area contributed by atoms with Crippen molar-refractivity contribution in [2.24, 2.45) is 5.73 Å². The van der Waals surface area contributed by atoms with Crippen LogP contribution in [0.1, 0.15) is 43.1 Å². The Bertz CT molecular complexity index is 879. The molecule has 0 bridgehead atoms. The van der Waals surface area contributed by atoms with E-state index in [-0.39, 0.29) is 29.3 Å². The molecule has 0 atom stereocenters. The average Bonchev–Trinajstić information content (AvgIpc) is 3.29. The van der Waals surface area contributed by atoms with Gasteiger partial charge in [-0.2, -0.15) is 0 Å². The van der Waals surface area contributed by atoms with Crippen LogP contribution in [0.25, 0.3) is 10.9 Å². The lowest BCUT2D eigenvalue weighted by Crippen LogP contribution is -2.38. The number of carbonyl (C=O) groups is 1. The number of ether oxygens (including phenoxy) is 1. The third-order valence-electron chi connectivity index (χ3n) is 3.86. The van der Waals surface area contributed by atoms with Gasteiger partial charge in [-0.3, -0.25) is 4.79 Å². The smallest absolute Gasteiger partial charge is 0.341 e. The zero-order chi connectivity index (χ0) is 17.6. The van der Waals surface area contributed by atoms with Gasteiger partial charge in [0.25, 0.3) is 0 Å². The molecule has 3 rings (SSSR count). The van der Waals surface area contributed by atoms with Gasteiger partial charge in [-0.1, -0.05) is 0 Å². The normalized spacial score (nSPS) is 14.8. The molecule has 1 aliphatic carbocycles. The Morgan fingerprint density at radius 2 is 2.12 bits per heavy atom. The Morgan fingerprint density at radius 1 is 1.46 bits per heavy atom. The fourth-order valence-electron chi connectivity index (χ4n) is 2.53. The first-order chi connectivity index (χ1) is 11.2. The molecule has 1 aromatic heterocycles. The van der Waals surface area contributed by atoms with Crippen LogP contribution in [0.3, 0.4) is 0 Å². The Hall–Kier alpha value is -2.41. The Labute approximate surface area is 137 Å². The van der Waals surface area contributed by atoms with Crippen molar-refractivity contribution in [1.82, 2.24) is 4.57 Å². The summed E-state index contributed by atoms with van der Waals surface area (Å²) in [6.07, 6.45) is 3.11. The zero-order valence-corrected chi connectivity index (χ0v) is 13.5. The number of carboxylic acid groups (broad SMARTS) is 1. The van der Waals surface area contributed by atoms with E-state index in [2.05, 4.69) is 0 Å². The van der Waals surface area contributed by atoms with Gasteiger partial charge in [0.15, 0.2) is 11.6 Å². The minimum atomic E-state index is -1.32. The van der Waals surface area contributed by atoms with Crippen LogP contribution in [0.5, 0.6) is 5.75 Å². The van der Waals surface area contributed by atoms with E-state index in [0.29, 0.717) is 5.52 Å². The molecule has 128 valence electrons. The van der Waals surface area contributed by atoms with Gasteiger partial charge in [-0.05, 0) is 32.8 Å². The van der Waals surface area contributed by atoms with Crippen LogP contribution in [0.2, 0.25) is 0 Å². The number of hydrogen-bond acceptors (Lipinski definition) is 4. The summed E-state index contributed by atoms with van der Waals surface area (Å²) >= 11 is 0.